The predicted molar refractivity (Wildman–Crippen MR) is 57.1 cm³/mol. The fraction of sp³-hybridized carbons (Fsp3) is 0.700. The summed E-state index contributed by atoms with van der Waals surface area (Å²) in [6.07, 6.45) is 0.0891. The first-order valence-corrected chi connectivity index (χ1v) is 5.20. The van der Waals surface area contributed by atoms with E-state index in [1.54, 1.807) is 0 Å². The molecule has 0 aromatic heterocycles. The van der Waals surface area contributed by atoms with Gasteiger partial charge < -0.3 is 5.73 Å². The molecule has 16 heavy (non-hydrogen) atoms. The van der Waals surface area contributed by atoms with Gasteiger partial charge in [0.15, 0.2) is 0 Å². The van der Waals surface area contributed by atoms with Gasteiger partial charge >= 0.3 is 0 Å². The van der Waals surface area contributed by atoms with Crippen LogP contribution in [0.5, 0.6) is 0 Å². The molecule has 1 aliphatic rings. The first-order chi connectivity index (χ1) is 7.34. The summed E-state index contributed by atoms with van der Waals surface area (Å²) in [6, 6.07) is -1.22. The van der Waals surface area contributed by atoms with Crippen LogP contribution in [0.2, 0.25) is 0 Å². The van der Waals surface area contributed by atoms with Crippen LogP contribution in [0, 0.1) is 5.92 Å². The molecule has 0 bridgehead atoms. The van der Waals surface area contributed by atoms with Crippen molar-refractivity contribution in [2.75, 3.05) is 7.05 Å². The number of carbonyl (C=O) groups is 3. The van der Waals surface area contributed by atoms with Gasteiger partial charge in [-0.3, -0.25) is 24.6 Å². The third-order valence-electron chi connectivity index (χ3n) is 2.74. The molecule has 1 rings (SSSR count). The SMILES string of the molecule is CC(C)C(NC1CC(=O)N(C)C1=O)C(N)=O. The van der Waals surface area contributed by atoms with Crippen molar-refractivity contribution >= 4 is 17.7 Å². The van der Waals surface area contributed by atoms with Gasteiger partial charge in [0.05, 0.1) is 18.5 Å². The summed E-state index contributed by atoms with van der Waals surface area (Å²) in [4.78, 5) is 35.1. The monoisotopic (exact) mass is 227 g/mol. The molecular formula is C10H17N3O3. The molecule has 0 aromatic carbocycles. The van der Waals surface area contributed by atoms with E-state index in [0.717, 1.165) is 4.90 Å². The van der Waals surface area contributed by atoms with Crippen LogP contribution in [0.25, 0.3) is 0 Å². The average molecular weight is 227 g/mol. The highest BCUT2D eigenvalue weighted by molar-refractivity contribution is 6.05. The zero-order valence-electron chi connectivity index (χ0n) is 9.69. The molecule has 6 heteroatoms. The Kier molecular flexibility index (Phi) is 3.64. The van der Waals surface area contributed by atoms with Crippen LogP contribution in [-0.4, -0.2) is 41.8 Å². The Bertz CT molecular complexity index is 327. The number of primary amides is 1. The lowest BCUT2D eigenvalue weighted by atomic mass is 10.0. The largest absolute Gasteiger partial charge is 0.368 e. The summed E-state index contributed by atoms with van der Waals surface area (Å²) in [7, 11) is 1.43. The van der Waals surface area contributed by atoms with Crippen molar-refractivity contribution in [3.8, 4) is 0 Å². The fourth-order valence-corrected chi connectivity index (χ4v) is 1.71. The van der Waals surface area contributed by atoms with Gasteiger partial charge in [-0.2, -0.15) is 0 Å². The summed E-state index contributed by atoms with van der Waals surface area (Å²) in [5.74, 6) is -1.08. The van der Waals surface area contributed by atoms with Gasteiger partial charge in [-0.1, -0.05) is 13.8 Å². The highest BCUT2D eigenvalue weighted by atomic mass is 16.2. The van der Waals surface area contributed by atoms with Crippen LogP contribution in [0.3, 0.4) is 0 Å². The standard InChI is InChI=1S/C10H17N3O3/c1-5(2)8(9(11)15)12-6-4-7(14)13(3)10(6)16/h5-6,8,12H,4H2,1-3H3,(H2,11,15). The van der Waals surface area contributed by atoms with E-state index in [1.807, 2.05) is 13.8 Å². The number of carbonyl (C=O) groups excluding carboxylic acids is 3. The summed E-state index contributed by atoms with van der Waals surface area (Å²) >= 11 is 0. The van der Waals surface area contributed by atoms with Gasteiger partial charge in [-0.15, -0.1) is 0 Å². The van der Waals surface area contributed by atoms with Gasteiger partial charge in [0.25, 0.3) is 0 Å². The Labute approximate surface area is 94.2 Å². The molecule has 0 aromatic rings. The lowest BCUT2D eigenvalue weighted by Gasteiger charge is -2.21. The second-order valence-corrected chi connectivity index (χ2v) is 4.34. The van der Waals surface area contributed by atoms with Gasteiger partial charge in [0, 0.05) is 7.05 Å². The maximum atomic E-state index is 11.6. The van der Waals surface area contributed by atoms with E-state index in [2.05, 4.69) is 5.32 Å². The first-order valence-electron chi connectivity index (χ1n) is 5.20. The molecule has 0 spiro atoms. The number of nitrogens with two attached hydrogens (primary N) is 1. The van der Waals surface area contributed by atoms with Gasteiger partial charge in [0.1, 0.15) is 0 Å². The van der Waals surface area contributed by atoms with Crippen molar-refractivity contribution in [2.24, 2.45) is 11.7 Å². The number of hydrogen-bond acceptors (Lipinski definition) is 4. The van der Waals surface area contributed by atoms with E-state index in [-0.39, 0.29) is 24.2 Å². The van der Waals surface area contributed by atoms with Crippen LogP contribution in [0.15, 0.2) is 0 Å². The highest BCUT2D eigenvalue weighted by Crippen LogP contribution is 2.13. The maximum Gasteiger partial charge on any atom is 0.246 e. The van der Waals surface area contributed by atoms with E-state index in [1.165, 1.54) is 7.05 Å². The molecular weight excluding hydrogens is 210 g/mol. The first kappa shape index (κ1) is 12.6. The third-order valence-corrected chi connectivity index (χ3v) is 2.74. The quantitative estimate of drug-likeness (QED) is 0.593. The predicted octanol–water partition coefficient (Wildman–Crippen LogP) is -1.16. The Morgan fingerprint density at radius 2 is 2.06 bits per heavy atom. The molecule has 0 radical (unpaired) electrons. The zero-order chi connectivity index (χ0) is 12.5. The van der Waals surface area contributed by atoms with E-state index in [4.69, 9.17) is 5.73 Å². The number of imide groups is 1. The molecule has 2 unspecified atom stereocenters. The molecule has 1 heterocycles. The number of amides is 3. The van der Waals surface area contributed by atoms with Crippen molar-refractivity contribution in [2.45, 2.75) is 32.4 Å². The average Bonchev–Trinajstić information content (AvgIpc) is 2.41. The van der Waals surface area contributed by atoms with E-state index >= 15 is 0 Å². The van der Waals surface area contributed by atoms with Gasteiger partial charge in [-0.05, 0) is 5.92 Å². The van der Waals surface area contributed by atoms with Gasteiger partial charge in [0.2, 0.25) is 17.7 Å². The minimum absolute atomic E-state index is 0.0219. The molecule has 6 nitrogen and oxygen atoms in total. The molecule has 1 saturated heterocycles. The minimum atomic E-state index is -0.627. The lowest BCUT2D eigenvalue weighted by Crippen LogP contribution is -2.51. The normalized spacial score (nSPS) is 23.0. The smallest absolute Gasteiger partial charge is 0.246 e. The molecule has 90 valence electrons. The van der Waals surface area contributed by atoms with Crippen LogP contribution in [0.4, 0.5) is 0 Å². The minimum Gasteiger partial charge on any atom is -0.368 e. The topological polar surface area (TPSA) is 92.5 Å². The summed E-state index contributed by atoms with van der Waals surface area (Å²) in [5, 5.41) is 2.84. The van der Waals surface area contributed by atoms with E-state index in [0.29, 0.717) is 0 Å². The van der Waals surface area contributed by atoms with Crippen molar-refractivity contribution in [3.05, 3.63) is 0 Å². The number of nitrogens with one attached hydrogen (secondary N) is 1. The second-order valence-electron chi connectivity index (χ2n) is 4.34. The highest BCUT2D eigenvalue weighted by Gasteiger charge is 2.38. The van der Waals surface area contributed by atoms with Crippen LogP contribution in [0.1, 0.15) is 20.3 Å². The Morgan fingerprint density at radius 3 is 2.38 bits per heavy atom. The molecule has 1 fully saturated rings. The Morgan fingerprint density at radius 1 is 1.50 bits per heavy atom. The number of likely N-dealkylation sites (tertiary alicyclic amines) is 1. The molecule has 1 aliphatic heterocycles. The number of likely N-dealkylation sites (N-methyl/N-ethyl adjacent to an activating group) is 1. The molecule has 3 amide bonds. The molecule has 0 aliphatic carbocycles. The summed E-state index contributed by atoms with van der Waals surface area (Å²) in [6.45, 7) is 3.65. The molecule has 3 N–H and O–H groups in total. The lowest BCUT2D eigenvalue weighted by molar-refractivity contribution is -0.137. The zero-order valence-corrected chi connectivity index (χ0v) is 9.69. The van der Waals surface area contributed by atoms with Crippen LogP contribution >= 0.6 is 0 Å². The van der Waals surface area contributed by atoms with Crippen LogP contribution in [-0.2, 0) is 14.4 Å². The maximum absolute atomic E-state index is 11.6. The van der Waals surface area contributed by atoms with Crippen LogP contribution < -0.4 is 11.1 Å². The number of hydrogen-bond donors (Lipinski definition) is 2. The third kappa shape index (κ3) is 2.38. The fourth-order valence-electron chi connectivity index (χ4n) is 1.71. The Balaban J connectivity index is 2.70. The van der Waals surface area contributed by atoms with E-state index < -0.39 is 18.0 Å². The van der Waals surface area contributed by atoms with Crippen molar-refractivity contribution in [1.82, 2.24) is 10.2 Å². The van der Waals surface area contributed by atoms with Crippen molar-refractivity contribution in [3.63, 3.8) is 0 Å². The molecule has 2 atom stereocenters. The Hall–Kier alpha value is -1.43. The number of nitrogens with zero attached hydrogens (tertiary/aromatic N) is 1. The molecule has 0 saturated carbocycles. The van der Waals surface area contributed by atoms with E-state index in [9.17, 15) is 14.4 Å². The summed E-state index contributed by atoms with van der Waals surface area (Å²) in [5.41, 5.74) is 5.22. The summed E-state index contributed by atoms with van der Waals surface area (Å²) < 4.78 is 0. The van der Waals surface area contributed by atoms with Gasteiger partial charge in [-0.25, -0.2) is 0 Å². The van der Waals surface area contributed by atoms with Crippen molar-refractivity contribution < 1.29 is 14.4 Å². The van der Waals surface area contributed by atoms with Crippen molar-refractivity contribution in [1.29, 1.82) is 0 Å². The number of rotatable bonds is 4. The second kappa shape index (κ2) is 4.61.